The molecule has 0 saturated carbocycles. The summed E-state index contributed by atoms with van der Waals surface area (Å²) in [5.41, 5.74) is -0.837. The highest BCUT2D eigenvalue weighted by molar-refractivity contribution is 7.14. The molecule has 0 atom stereocenters. The molecule has 1 aromatic rings. The van der Waals surface area contributed by atoms with Crippen molar-refractivity contribution in [3.63, 3.8) is 0 Å². The first-order chi connectivity index (χ1) is 10.5. The van der Waals surface area contributed by atoms with Crippen molar-refractivity contribution >= 4 is 24.0 Å². The molecule has 0 radical (unpaired) electrons. The average Bonchev–Trinajstić information content (AvgIpc) is 2.83. The van der Waals surface area contributed by atoms with Gasteiger partial charge in [0.25, 0.3) is 5.19 Å². The van der Waals surface area contributed by atoms with E-state index in [-0.39, 0.29) is 16.6 Å². The summed E-state index contributed by atoms with van der Waals surface area (Å²) < 4.78 is 45.8. The second-order valence-electron chi connectivity index (χ2n) is 6.06. The van der Waals surface area contributed by atoms with E-state index in [1.807, 2.05) is 27.7 Å². The van der Waals surface area contributed by atoms with Crippen LogP contribution in [0.2, 0.25) is 0 Å². The molecule has 110 valence electrons. The zero-order valence-corrected chi connectivity index (χ0v) is 12.9. The Morgan fingerprint density at radius 2 is 1.95 bits per heavy atom. The van der Waals surface area contributed by atoms with Gasteiger partial charge in [-0.1, -0.05) is 11.3 Å². The number of rotatable bonds is 3. The monoisotopic (exact) mass is 300 g/mol. The Morgan fingerprint density at radius 1 is 1.30 bits per heavy atom. The van der Waals surface area contributed by atoms with Gasteiger partial charge in [-0.05, 0) is 34.5 Å². The van der Waals surface area contributed by atoms with Gasteiger partial charge in [-0.25, -0.2) is 4.98 Å². The Morgan fingerprint density at radius 3 is 2.45 bits per heavy atom. The first-order valence-corrected chi connectivity index (χ1v) is 7.42. The van der Waals surface area contributed by atoms with Crippen LogP contribution in [0.4, 0.5) is 0 Å². The normalized spacial score (nSPS) is 27.6. The van der Waals surface area contributed by atoms with Gasteiger partial charge in [-0.15, -0.1) is 0 Å². The van der Waals surface area contributed by atoms with Crippen molar-refractivity contribution in [2.45, 2.75) is 51.9 Å². The Labute approximate surface area is 127 Å². The molecule has 0 amide bonds. The first kappa shape index (κ1) is 11.0. The van der Waals surface area contributed by atoms with Gasteiger partial charge in [0, 0.05) is 8.99 Å². The van der Waals surface area contributed by atoms with E-state index in [0.717, 1.165) is 11.3 Å². The molecule has 7 heteroatoms. The third-order valence-corrected chi connectivity index (χ3v) is 4.76. The minimum atomic E-state index is -2.30. The second kappa shape index (κ2) is 4.69. The van der Waals surface area contributed by atoms with E-state index >= 15 is 0 Å². The van der Waals surface area contributed by atoms with Crippen LogP contribution in [0.15, 0.2) is 0 Å². The summed E-state index contributed by atoms with van der Waals surface area (Å²) in [5.74, 6) is 0. The Kier molecular flexibility index (Phi) is 2.58. The molecule has 1 aromatic heterocycles. The van der Waals surface area contributed by atoms with E-state index in [1.54, 1.807) is 0 Å². The SMILES string of the molecule is [2H]C([2H])([2H])c1sc(OC2COC2)nc1B1OC(C)(C)C(C)(C)O1. The first-order valence-electron chi connectivity index (χ1n) is 8.11. The molecule has 0 N–H and O–H groups in total. The van der Waals surface area contributed by atoms with Crippen molar-refractivity contribution in [1.82, 2.24) is 4.98 Å². The zero-order valence-electron chi connectivity index (χ0n) is 15.1. The van der Waals surface area contributed by atoms with Crippen LogP contribution >= 0.6 is 11.3 Å². The highest BCUT2D eigenvalue weighted by Gasteiger charge is 2.53. The predicted octanol–water partition coefficient (Wildman–Crippen LogP) is 1.53. The van der Waals surface area contributed by atoms with Crippen molar-refractivity contribution in [3.8, 4) is 5.19 Å². The molecule has 2 saturated heterocycles. The lowest BCUT2D eigenvalue weighted by Crippen LogP contribution is -2.41. The molecule has 20 heavy (non-hydrogen) atoms. The molecule has 0 aromatic carbocycles. The lowest BCUT2D eigenvalue weighted by molar-refractivity contribution is -0.0796. The molecule has 0 unspecified atom stereocenters. The van der Waals surface area contributed by atoms with E-state index in [9.17, 15) is 0 Å². The van der Waals surface area contributed by atoms with E-state index in [0.29, 0.717) is 18.4 Å². The summed E-state index contributed by atoms with van der Waals surface area (Å²) in [6.07, 6.45) is -0.0725. The van der Waals surface area contributed by atoms with Crippen molar-refractivity contribution < 1.29 is 22.9 Å². The van der Waals surface area contributed by atoms with Gasteiger partial charge >= 0.3 is 7.12 Å². The van der Waals surface area contributed by atoms with Gasteiger partial charge in [0.05, 0.1) is 30.0 Å². The maximum absolute atomic E-state index is 7.74. The van der Waals surface area contributed by atoms with E-state index in [2.05, 4.69) is 4.98 Å². The van der Waals surface area contributed by atoms with Gasteiger partial charge < -0.3 is 18.8 Å². The lowest BCUT2D eigenvalue weighted by atomic mass is 9.84. The number of hydrogen-bond acceptors (Lipinski definition) is 6. The van der Waals surface area contributed by atoms with Gasteiger partial charge in [0.1, 0.15) is 6.10 Å². The molecule has 3 rings (SSSR count). The number of ether oxygens (including phenoxy) is 2. The van der Waals surface area contributed by atoms with E-state index in [1.165, 1.54) is 0 Å². The van der Waals surface area contributed by atoms with Gasteiger partial charge in [0.15, 0.2) is 0 Å². The van der Waals surface area contributed by atoms with Crippen LogP contribution in [0, 0.1) is 6.85 Å². The maximum atomic E-state index is 7.74. The van der Waals surface area contributed by atoms with Crippen molar-refractivity contribution in [1.29, 1.82) is 0 Å². The Hall–Kier alpha value is -0.625. The van der Waals surface area contributed by atoms with Gasteiger partial charge in [0.2, 0.25) is 0 Å². The molecule has 0 bridgehead atoms. The number of thiazole rings is 1. The van der Waals surface area contributed by atoms with Crippen LogP contribution in [0.3, 0.4) is 0 Å². The van der Waals surface area contributed by atoms with Crippen LogP contribution in [-0.4, -0.2) is 42.6 Å². The minimum Gasteiger partial charge on any atom is -0.462 e. The van der Waals surface area contributed by atoms with Gasteiger partial charge in [-0.3, -0.25) is 0 Å². The van der Waals surface area contributed by atoms with Crippen molar-refractivity contribution in [2.24, 2.45) is 0 Å². The smallest absolute Gasteiger partial charge is 0.462 e. The van der Waals surface area contributed by atoms with Crippen LogP contribution in [0.5, 0.6) is 5.19 Å². The summed E-state index contributed by atoms with van der Waals surface area (Å²) in [6.45, 7) is 6.35. The number of aryl methyl sites for hydroxylation is 1. The van der Waals surface area contributed by atoms with Crippen LogP contribution < -0.4 is 10.3 Å². The van der Waals surface area contributed by atoms with Crippen LogP contribution in [0.25, 0.3) is 0 Å². The highest BCUT2D eigenvalue weighted by Crippen LogP contribution is 2.37. The summed E-state index contributed by atoms with van der Waals surface area (Å²) in [4.78, 5) is 4.49. The van der Waals surface area contributed by atoms with Crippen LogP contribution in [0.1, 0.15) is 36.7 Å². The Balaban J connectivity index is 1.91. The fourth-order valence-corrected chi connectivity index (χ4v) is 2.65. The summed E-state index contributed by atoms with van der Waals surface area (Å²) >= 11 is 1.02. The van der Waals surface area contributed by atoms with Gasteiger partial charge in [-0.2, -0.15) is 0 Å². The third-order valence-electron chi connectivity index (χ3n) is 3.99. The molecule has 2 aliphatic rings. The number of aromatic nitrogens is 1. The third kappa shape index (κ3) is 2.37. The predicted molar refractivity (Wildman–Crippen MR) is 77.8 cm³/mol. The molecule has 2 aliphatic heterocycles. The molecular weight excluding hydrogens is 277 g/mol. The minimum absolute atomic E-state index is 0.0725. The highest BCUT2D eigenvalue weighted by atomic mass is 32.1. The molecule has 3 heterocycles. The molecule has 0 spiro atoms. The molecule has 2 fully saturated rings. The largest absolute Gasteiger partial charge is 0.515 e. The fourth-order valence-electron chi connectivity index (χ4n) is 1.90. The Bertz CT molecular complexity index is 585. The summed E-state index contributed by atoms with van der Waals surface area (Å²) in [7, 11) is -0.818. The number of nitrogens with zero attached hydrogens (tertiary/aromatic N) is 1. The topological polar surface area (TPSA) is 49.8 Å². The molecular formula is C13H20BNO4S. The number of hydrogen-bond donors (Lipinski definition) is 0. The lowest BCUT2D eigenvalue weighted by Gasteiger charge is -2.32. The fraction of sp³-hybridized carbons (Fsp3) is 0.769. The summed E-state index contributed by atoms with van der Waals surface area (Å²) in [5, 5.41) is 0.314. The molecule has 0 aliphatic carbocycles. The second-order valence-corrected chi connectivity index (χ2v) is 7.02. The maximum Gasteiger partial charge on any atom is 0.515 e. The van der Waals surface area contributed by atoms with Crippen molar-refractivity contribution in [3.05, 3.63) is 4.88 Å². The summed E-state index contributed by atoms with van der Waals surface area (Å²) in [6, 6.07) is 0. The quantitative estimate of drug-likeness (QED) is 0.792. The van der Waals surface area contributed by atoms with Crippen LogP contribution in [-0.2, 0) is 14.0 Å². The van der Waals surface area contributed by atoms with E-state index < -0.39 is 25.2 Å². The molecule has 5 nitrogen and oxygen atoms in total. The standard InChI is InChI=1S/C13H20BNO4S/c1-8-10(14-18-12(2,3)13(4,5)19-14)15-11(20-8)17-9-6-16-7-9/h9H,6-7H2,1-5H3/i1D3. The zero-order chi connectivity index (χ0) is 17.0. The van der Waals surface area contributed by atoms with E-state index in [4.69, 9.17) is 22.9 Å². The average molecular weight is 300 g/mol. The van der Waals surface area contributed by atoms with Crippen molar-refractivity contribution in [2.75, 3.05) is 13.2 Å².